The number of allylic oxidation sites excluding steroid dienone is 1. The number of rotatable bonds is 5. The number of aliphatic imine (C=N–C) groups is 1. The Bertz CT molecular complexity index is 554. The molecule has 2 atom stereocenters. The van der Waals surface area contributed by atoms with Crippen molar-refractivity contribution in [3.05, 3.63) is 45.7 Å². The lowest BCUT2D eigenvalue weighted by atomic mass is 10.0. The zero-order chi connectivity index (χ0) is 16.8. The Kier molecular flexibility index (Phi) is 7.09. The number of nitrogens with zero attached hydrogens (tertiary/aromatic N) is 2. The van der Waals surface area contributed by atoms with Gasteiger partial charge in [0.2, 0.25) is 0 Å². The van der Waals surface area contributed by atoms with Crippen LogP contribution in [-0.2, 0) is 4.74 Å². The predicted octanol–water partition coefficient (Wildman–Crippen LogP) is 4.86. The predicted molar refractivity (Wildman–Crippen MR) is 106 cm³/mol. The molecule has 1 heterocycles. The number of hydrogen-bond acceptors (Lipinski definition) is 2. The molecule has 0 unspecified atom stereocenters. The van der Waals surface area contributed by atoms with Crippen molar-refractivity contribution in [3.8, 4) is 0 Å². The van der Waals surface area contributed by atoms with E-state index in [-0.39, 0.29) is 6.04 Å². The SMILES string of the molecule is COC[C@H](N=C(c1ccccc1)N1C=C(I)CC[C@H]1C)C(C)C. The van der Waals surface area contributed by atoms with Crippen molar-refractivity contribution < 1.29 is 4.74 Å². The van der Waals surface area contributed by atoms with Crippen LogP contribution < -0.4 is 0 Å². The third kappa shape index (κ3) is 5.05. The molecule has 2 rings (SSSR count). The molecule has 1 aromatic carbocycles. The minimum atomic E-state index is 0.162. The molecule has 0 saturated heterocycles. The van der Waals surface area contributed by atoms with Gasteiger partial charge in [-0.15, -0.1) is 0 Å². The second-order valence-electron chi connectivity index (χ2n) is 6.46. The third-order valence-corrected chi connectivity index (χ3v) is 5.04. The summed E-state index contributed by atoms with van der Waals surface area (Å²) in [6, 6.07) is 11.1. The highest BCUT2D eigenvalue weighted by atomic mass is 127. The first-order chi connectivity index (χ1) is 11.0. The maximum absolute atomic E-state index is 5.39. The standard InChI is InChI=1S/C19H27IN2O/c1-14(2)18(13-23-4)21-19(16-8-6-5-7-9-16)22-12-17(20)11-10-15(22)3/h5-9,12,14-15,18H,10-11,13H2,1-4H3/t15-,18+/m1/s1. The molecule has 0 fully saturated rings. The summed E-state index contributed by atoms with van der Waals surface area (Å²) >= 11 is 2.44. The monoisotopic (exact) mass is 426 g/mol. The van der Waals surface area contributed by atoms with Gasteiger partial charge >= 0.3 is 0 Å². The van der Waals surface area contributed by atoms with E-state index in [0.717, 1.165) is 18.7 Å². The third-order valence-electron chi connectivity index (χ3n) is 4.23. The van der Waals surface area contributed by atoms with Crippen LogP contribution in [0.5, 0.6) is 0 Å². The van der Waals surface area contributed by atoms with Crippen LogP contribution in [-0.4, -0.2) is 36.5 Å². The van der Waals surface area contributed by atoms with Crippen LogP contribution in [0.4, 0.5) is 0 Å². The van der Waals surface area contributed by atoms with Gasteiger partial charge in [0.15, 0.2) is 0 Å². The summed E-state index contributed by atoms with van der Waals surface area (Å²) in [7, 11) is 1.75. The molecule has 0 spiro atoms. The Morgan fingerprint density at radius 2 is 2.04 bits per heavy atom. The van der Waals surface area contributed by atoms with Gasteiger partial charge in [-0.05, 0) is 48.3 Å². The van der Waals surface area contributed by atoms with Crippen LogP contribution in [0.2, 0.25) is 0 Å². The van der Waals surface area contributed by atoms with Gasteiger partial charge in [-0.1, -0.05) is 44.2 Å². The molecule has 4 heteroatoms. The van der Waals surface area contributed by atoms with Crippen LogP contribution in [0.25, 0.3) is 0 Å². The molecule has 0 aromatic heterocycles. The molecule has 1 aromatic rings. The Morgan fingerprint density at radius 3 is 2.65 bits per heavy atom. The molecule has 0 saturated carbocycles. The van der Waals surface area contributed by atoms with Gasteiger partial charge in [0.05, 0.1) is 12.6 Å². The zero-order valence-electron chi connectivity index (χ0n) is 14.5. The van der Waals surface area contributed by atoms with Gasteiger partial charge in [0.1, 0.15) is 5.84 Å². The van der Waals surface area contributed by atoms with Crippen LogP contribution >= 0.6 is 22.6 Å². The lowest BCUT2D eigenvalue weighted by Crippen LogP contribution is -2.38. The molecule has 0 aliphatic carbocycles. The van der Waals surface area contributed by atoms with Gasteiger partial charge in [-0.25, -0.2) is 0 Å². The second-order valence-corrected chi connectivity index (χ2v) is 7.84. The molecule has 126 valence electrons. The summed E-state index contributed by atoms with van der Waals surface area (Å²) in [5, 5.41) is 0. The van der Waals surface area contributed by atoms with E-state index in [1.807, 2.05) is 0 Å². The van der Waals surface area contributed by atoms with E-state index in [1.54, 1.807) is 7.11 Å². The highest BCUT2D eigenvalue weighted by Crippen LogP contribution is 2.27. The van der Waals surface area contributed by atoms with Crippen molar-refractivity contribution >= 4 is 28.4 Å². The Balaban J connectivity index is 2.45. The average Bonchev–Trinajstić information content (AvgIpc) is 2.54. The number of amidine groups is 1. The molecular weight excluding hydrogens is 399 g/mol. The lowest BCUT2D eigenvalue weighted by Gasteiger charge is -2.34. The summed E-state index contributed by atoms with van der Waals surface area (Å²) in [6.07, 6.45) is 4.58. The van der Waals surface area contributed by atoms with Crippen molar-refractivity contribution in [2.75, 3.05) is 13.7 Å². The Morgan fingerprint density at radius 1 is 1.35 bits per heavy atom. The van der Waals surface area contributed by atoms with E-state index >= 15 is 0 Å². The van der Waals surface area contributed by atoms with Crippen molar-refractivity contribution in [2.45, 2.75) is 45.7 Å². The number of benzene rings is 1. The Hall–Kier alpha value is -0.880. The molecule has 0 bridgehead atoms. The van der Waals surface area contributed by atoms with E-state index < -0.39 is 0 Å². The molecule has 1 aliphatic rings. The van der Waals surface area contributed by atoms with E-state index in [4.69, 9.17) is 9.73 Å². The maximum Gasteiger partial charge on any atom is 0.135 e. The fourth-order valence-electron chi connectivity index (χ4n) is 2.68. The molecule has 23 heavy (non-hydrogen) atoms. The number of methoxy groups -OCH3 is 1. The lowest BCUT2D eigenvalue weighted by molar-refractivity contribution is 0.164. The van der Waals surface area contributed by atoms with Crippen molar-refractivity contribution in [1.82, 2.24) is 4.90 Å². The highest BCUT2D eigenvalue weighted by molar-refractivity contribution is 14.1. The fourth-order valence-corrected chi connectivity index (χ4v) is 3.29. The van der Waals surface area contributed by atoms with Crippen molar-refractivity contribution in [1.29, 1.82) is 0 Å². The minimum absolute atomic E-state index is 0.162. The fraction of sp³-hybridized carbons (Fsp3) is 0.526. The number of ether oxygens (including phenoxy) is 1. The normalized spacial score (nSPS) is 20.6. The van der Waals surface area contributed by atoms with Gasteiger partial charge in [0.25, 0.3) is 0 Å². The van der Waals surface area contributed by atoms with Gasteiger partial charge in [-0.2, -0.15) is 0 Å². The van der Waals surface area contributed by atoms with Crippen LogP contribution in [0.1, 0.15) is 39.2 Å². The molecule has 0 radical (unpaired) electrons. The topological polar surface area (TPSA) is 24.8 Å². The molecule has 0 N–H and O–H groups in total. The van der Waals surface area contributed by atoms with Gasteiger partial charge in [-0.3, -0.25) is 4.99 Å². The second kappa shape index (κ2) is 8.83. The van der Waals surface area contributed by atoms with Gasteiger partial charge < -0.3 is 9.64 Å². The first-order valence-electron chi connectivity index (χ1n) is 8.29. The minimum Gasteiger partial charge on any atom is -0.382 e. The zero-order valence-corrected chi connectivity index (χ0v) is 16.7. The first-order valence-corrected chi connectivity index (χ1v) is 9.37. The van der Waals surface area contributed by atoms with Gasteiger partial charge in [0, 0.05) is 28.5 Å². The Labute approximate surface area is 154 Å². The van der Waals surface area contributed by atoms with E-state index in [1.165, 1.54) is 9.14 Å². The summed E-state index contributed by atoms with van der Waals surface area (Å²) in [5.41, 5.74) is 1.17. The van der Waals surface area contributed by atoms with Crippen LogP contribution in [0, 0.1) is 5.92 Å². The van der Waals surface area contributed by atoms with E-state index in [2.05, 4.69) is 84.8 Å². The molecular formula is C19H27IN2O. The maximum atomic E-state index is 5.39. The number of hydrogen-bond donors (Lipinski definition) is 0. The molecule has 3 nitrogen and oxygen atoms in total. The van der Waals surface area contributed by atoms with Crippen LogP contribution in [0.15, 0.2) is 45.1 Å². The first kappa shape index (κ1) is 18.5. The highest BCUT2D eigenvalue weighted by Gasteiger charge is 2.24. The average molecular weight is 426 g/mol. The van der Waals surface area contributed by atoms with Crippen molar-refractivity contribution in [2.24, 2.45) is 10.9 Å². The largest absolute Gasteiger partial charge is 0.382 e. The van der Waals surface area contributed by atoms with E-state index in [0.29, 0.717) is 18.6 Å². The summed E-state index contributed by atoms with van der Waals surface area (Å²) in [6.45, 7) is 7.33. The molecule has 1 aliphatic heterocycles. The van der Waals surface area contributed by atoms with E-state index in [9.17, 15) is 0 Å². The quantitative estimate of drug-likeness (QED) is 0.382. The van der Waals surface area contributed by atoms with Crippen LogP contribution in [0.3, 0.4) is 0 Å². The molecule has 0 amide bonds. The summed E-state index contributed by atoms with van der Waals surface area (Å²) in [4.78, 5) is 7.45. The van der Waals surface area contributed by atoms with Crippen molar-refractivity contribution in [3.63, 3.8) is 0 Å². The number of halogens is 1. The summed E-state index contributed by atoms with van der Waals surface area (Å²) < 4.78 is 6.78. The smallest absolute Gasteiger partial charge is 0.135 e. The summed E-state index contributed by atoms with van der Waals surface area (Å²) in [5.74, 6) is 1.50.